The maximum atomic E-state index is 13.3. The number of halogens is 5. The first-order chi connectivity index (χ1) is 12.7. The van der Waals surface area contributed by atoms with Crippen LogP contribution in [0, 0.1) is 17.1 Å². The molecule has 0 unspecified atom stereocenters. The van der Waals surface area contributed by atoms with E-state index in [1.54, 1.807) is 0 Å². The number of ether oxygens (including phenoxy) is 1. The van der Waals surface area contributed by atoms with Crippen LogP contribution in [-0.4, -0.2) is 11.3 Å². The van der Waals surface area contributed by atoms with Gasteiger partial charge in [-0.3, -0.25) is 4.98 Å². The van der Waals surface area contributed by atoms with Gasteiger partial charge in [0, 0.05) is 23.3 Å². The van der Waals surface area contributed by atoms with E-state index in [-0.39, 0.29) is 32.9 Å². The average molecular weight is 397 g/mol. The number of hydrogen-bond acceptors (Lipinski definition) is 5. The van der Waals surface area contributed by atoms with Gasteiger partial charge in [-0.15, -0.1) is 13.2 Å². The van der Waals surface area contributed by atoms with Crippen molar-refractivity contribution in [2.24, 2.45) is 0 Å². The number of nitrogens with one attached hydrogen (secondary N) is 1. The molecule has 0 aliphatic carbocycles. The topological polar surface area (TPSA) is 84.0 Å². The van der Waals surface area contributed by atoms with Crippen LogP contribution in [0.25, 0.3) is 10.9 Å². The Morgan fingerprint density at radius 1 is 1.22 bits per heavy atom. The molecule has 138 valence electrons. The van der Waals surface area contributed by atoms with Crippen LogP contribution in [0.15, 0.2) is 36.5 Å². The summed E-state index contributed by atoms with van der Waals surface area (Å²) in [6, 6.07) is 7.96. The third kappa shape index (κ3) is 3.96. The fraction of sp³-hybridized carbons (Fsp3) is 0.0588. The molecule has 0 radical (unpaired) electrons. The third-order valence-electron chi connectivity index (χ3n) is 3.53. The van der Waals surface area contributed by atoms with E-state index in [1.807, 2.05) is 6.07 Å². The Morgan fingerprint density at radius 3 is 2.59 bits per heavy atom. The van der Waals surface area contributed by atoms with Crippen molar-refractivity contribution in [3.63, 3.8) is 0 Å². The second-order valence-corrected chi connectivity index (χ2v) is 5.77. The first-order valence-electron chi connectivity index (χ1n) is 7.28. The van der Waals surface area contributed by atoms with Gasteiger partial charge in [-0.2, -0.15) is 5.26 Å². The van der Waals surface area contributed by atoms with E-state index in [0.29, 0.717) is 5.69 Å². The predicted molar refractivity (Wildman–Crippen MR) is 92.2 cm³/mol. The van der Waals surface area contributed by atoms with Gasteiger partial charge in [0.05, 0.1) is 27.5 Å². The lowest BCUT2D eigenvalue weighted by Gasteiger charge is -2.15. The monoisotopic (exact) mass is 396 g/mol. The van der Waals surface area contributed by atoms with Gasteiger partial charge in [0.2, 0.25) is 0 Å². The first-order valence-corrected chi connectivity index (χ1v) is 7.66. The highest BCUT2D eigenvalue weighted by molar-refractivity contribution is 6.31. The summed E-state index contributed by atoms with van der Waals surface area (Å²) in [5, 5.41) is 12.3. The van der Waals surface area contributed by atoms with Crippen LogP contribution in [-0.2, 0) is 0 Å². The molecule has 1 aromatic heterocycles. The molecule has 0 saturated carbocycles. The molecule has 10 heteroatoms. The van der Waals surface area contributed by atoms with Crippen molar-refractivity contribution in [1.29, 1.82) is 5.26 Å². The number of rotatable bonds is 3. The molecular formula is C17H9ClF4N4O. The molecule has 27 heavy (non-hydrogen) atoms. The van der Waals surface area contributed by atoms with Gasteiger partial charge in [0.15, 0.2) is 5.75 Å². The van der Waals surface area contributed by atoms with E-state index in [4.69, 9.17) is 17.3 Å². The maximum Gasteiger partial charge on any atom is 0.573 e. The number of nitriles is 1. The van der Waals surface area contributed by atoms with Crippen molar-refractivity contribution in [1.82, 2.24) is 4.98 Å². The molecule has 0 aliphatic rings. The zero-order chi connectivity index (χ0) is 19.8. The van der Waals surface area contributed by atoms with E-state index in [1.165, 1.54) is 24.4 Å². The molecule has 0 bridgehead atoms. The number of aromatic nitrogens is 1. The molecule has 0 aliphatic heterocycles. The number of nitrogens with zero attached hydrogens (tertiary/aromatic N) is 2. The molecule has 0 spiro atoms. The summed E-state index contributed by atoms with van der Waals surface area (Å²) in [4.78, 5) is 3.97. The van der Waals surface area contributed by atoms with Crippen LogP contribution in [0.1, 0.15) is 5.56 Å². The Hall–Kier alpha value is -3.25. The van der Waals surface area contributed by atoms with Crippen molar-refractivity contribution in [3.05, 3.63) is 52.9 Å². The number of fused-ring (bicyclic) bond motifs is 1. The number of alkyl halides is 3. The molecule has 3 rings (SSSR count). The highest BCUT2D eigenvalue weighted by atomic mass is 35.5. The summed E-state index contributed by atoms with van der Waals surface area (Å²) in [7, 11) is 0. The molecule has 0 saturated heterocycles. The summed E-state index contributed by atoms with van der Waals surface area (Å²) in [6.45, 7) is 0. The van der Waals surface area contributed by atoms with Crippen molar-refractivity contribution >= 4 is 39.6 Å². The van der Waals surface area contributed by atoms with Crippen LogP contribution in [0.2, 0.25) is 5.02 Å². The number of hydrogen-bond donors (Lipinski definition) is 2. The maximum absolute atomic E-state index is 13.3. The van der Waals surface area contributed by atoms with Crippen LogP contribution in [0.3, 0.4) is 0 Å². The fourth-order valence-electron chi connectivity index (χ4n) is 2.39. The van der Waals surface area contributed by atoms with Gasteiger partial charge in [-0.25, -0.2) is 4.39 Å². The Morgan fingerprint density at radius 2 is 1.96 bits per heavy atom. The van der Waals surface area contributed by atoms with Crippen LogP contribution in [0.5, 0.6) is 5.75 Å². The summed E-state index contributed by atoms with van der Waals surface area (Å²) < 4.78 is 54.6. The number of anilines is 3. The predicted octanol–water partition coefficient (Wildman–Crippen LogP) is 5.12. The SMILES string of the molecule is N#Cc1cnc2cc(OC(F)(F)F)c(N)cc2c1Nc1ccc(F)c(Cl)c1. The minimum Gasteiger partial charge on any atom is -0.404 e. The van der Waals surface area contributed by atoms with Crippen LogP contribution < -0.4 is 15.8 Å². The van der Waals surface area contributed by atoms with Gasteiger partial charge in [0.1, 0.15) is 11.9 Å². The van der Waals surface area contributed by atoms with Crippen molar-refractivity contribution in [2.75, 3.05) is 11.1 Å². The lowest BCUT2D eigenvalue weighted by molar-refractivity contribution is -0.274. The second kappa shape index (κ2) is 6.81. The minimum absolute atomic E-state index is 0.104. The van der Waals surface area contributed by atoms with Gasteiger partial charge >= 0.3 is 6.36 Å². The van der Waals surface area contributed by atoms with Gasteiger partial charge in [0.25, 0.3) is 0 Å². The van der Waals surface area contributed by atoms with Crippen molar-refractivity contribution < 1.29 is 22.3 Å². The Bertz CT molecular complexity index is 1080. The quantitative estimate of drug-likeness (QED) is 0.474. The Kier molecular flexibility index (Phi) is 4.68. The average Bonchev–Trinajstić information content (AvgIpc) is 2.58. The van der Waals surface area contributed by atoms with E-state index in [9.17, 15) is 22.8 Å². The summed E-state index contributed by atoms with van der Waals surface area (Å²) >= 11 is 5.74. The van der Waals surface area contributed by atoms with Crippen molar-refractivity contribution in [2.45, 2.75) is 6.36 Å². The number of benzene rings is 2. The Balaban J connectivity index is 2.14. The summed E-state index contributed by atoms with van der Waals surface area (Å²) in [6.07, 6.45) is -3.73. The highest BCUT2D eigenvalue weighted by Crippen LogP contribution is 2.36. The van der Waals surface area contributed by atoms with E-state index >= 15 is 0 Å². The lowest BCUT2D eigenvalue weighted by atomic mass is 10.1. The molecule has 1 heterocycles. The van der Waals surface area contributed by atoms with Gasteiger partial charge in [-0.05, 0) is 24.3 Å². The van der Waals surface area contributed by atoms with Gasteiger partial charge in [-0.1, -0.05) is 11.6 Å². The molecule has 0 amide bonds. The summed E-state index contributed by atoms with van der Waals surface area (Å²) in [5.74, 6) is -1.23. The van der Waals surface area contributed by atoms with Crippen molar-refractivity contribution in [3.8, 4) is 11.8 Å². The first kappa shape index (κ1) is 18.5. The molecule has 2 aromatic carbocycles. The lowest BCUT2D eigenvalue weighted by Crippen LogP contribution is -2.18. The number of pyridine rings is 1. The smallest absolute Gasteiger partial charge is 0.404 e. The largest absolute Gasteiger partial charge is 0.573 e. The standard InChI is InChI=1S/C17H9ClF4N4O/c18-11-3-9(1-2-12(11)19)26-16-8(6-23)7-25-14-5-15(27-17(20,21)22)13(24)4-10(14)16/h1-5,7H,24H2,(H,25,26). The number of nitrogen functional groups attached to an aromatic ring is 1. The summed E-state index contributed by atoms with van der Waals surface area (Å²) in [5.41, 5.74) is 6.17. The zero-order valence-corrected chi connectivity index (χ0v) is 14.0. The second-order valence-electron chi connectivity index (χ2n) is 5.37. The van der Waals surface area contributed by atoms with E-state index in [2.05, 4.69) is 15.0 Å². The molecule has 5 nitrogen and oxygen atoms in total. The third-order valence-corrected chi connectivity index (χ3v) is 3.82. The van der Waals surface area contributed by atoms with E-state index in [0.717, 1.165) is 12.1 Å². The Labute approximate surface area is 154 Å². The highest BCUT2D eigenvalue weighted by Gasteiger charge is 2.32. The van der Waals surface area contributed by atoms with Crippen LogP contribution >= 0.6 is 11.6 Å². The van der Waals surface area contributed by atoms with E-state index < -0.39 is 17.9 Å². The minimum atomic E-state index is -4.92. The molecule has 3 N–H and O–H groups in total. The molecule has 0 fully saturated rings. The molecule has 3 aromatic rings. The molecular weight excluding hydrogens is 388 g/mol. The van der Waals surface area contributed by atoms with Gasteiger partial charge < -0.3 is 15.8 Å². The number of nitrogens with two attached hydrogens (primary N) is 1. The normalized spacial score (nSPS) is 11.3. The molecule has 0 atom stereocenters. The fourth-order valence-corrected chi connectivity index (χ4v) is 2.57. The van der Waals surface area contributed by atoms with Crippen LogP contribution in [0.4, 0.5) is 34.6 Å². The zero-order valence-electron chi connectivity index (χ0n) is 13.2.